The summed E-state index contributed by atoms with van der Waals surface area (Å²) in [7, 11) is 1.65. The van der Waals surface area contributed by atoms with Gasteiger partial charge in [0.15, 0.2) is 0 Å². The second-order valence-corrected chi connectivity index (χ2v) is 2.37. The van der Waals surface area contributed by atoms with Gasteiger partial charge in [0.1, 0.15) is 18.1 Å². The molecule has 3 nitrogen and oxygen atoms in total. The summed E-state index contributed by atoms with van der Waals surface area (Å²) in [6, 6.07) is 0.133. The van der Waals surface area contributed by atoms with E-state index in [1.165, 1.54) is 0 Å². The van der Waals surface area contributed by atoms with Gasteiger partial charge in [0.25, 0.3) is 0 Å². The second-order valence-electron chi connectivity index (χ2n) is 2.37. The summed E-state index contributed by atoms with van der Waals surface area (Å²) in [6.07, 6.45) is 7.37. The zero-order chi connectivity index (χ0) is 7.68. The summed E-state index contributed by atoms with van der Waals surface area (Å²) in [5, 5.41) is 0. The molecule has 1 unspecified atom stereocenters. The number of ether oxygens (including phenoxy) is 1. The van der Waals surface area contributed by atoms with E-state index >= 15 is 0 Å². The minimum Gasteiger partial charge on any atom is -0.813 e. The first-order valence-corrected chi connectivity index (χ1v) is 3.43. The van der Waals surface area contributed by atoms with Crippen molar-refractivity contribution in [2.75, 3.05) is 7.11 Å². The molecule has 1 heterocycles. The van der Waals surface area contributed by atoms with Gasteiger partial charge >= 0.3 is 0 Å². The van der Waals surface area contributed by atoms with Crippen LogP contribution in [0.15, 0.2) is 34.0 Å². The van der Waals surface area contributed by atoms with Crippen molar-refractivity contribution in [2.24, 2.45) is 9.98 Å². The maximum atomic E-state index is 5.04. The molecule has 0 aromatic carbocycles. The maximum absolute atomic E-state index is 5.04. The van der Waals surface area contributed by atoms with Crippen molar-refractivity contribution in [1.82, 2.24) is 0 Å². The minimum atomic E-state index is 0. The van der Waals surface area contributed by atoms with Crippen molar-refractivity contribution < 1.29 is 4.74 Å². The Morgan fingerprint density at radius 2 is 2.23 bits per heavy atom. The maximum Gasteiger partial charge on any atom is 0.120 e. The molecule has 2 rings (SSSR count). The van der Waals surface area contributed by atoms with Crippen molar-refractivity contribution in [3.8, 4) is 0 Å². The van der Waals surface area contributed by atoms with Crippen LogP contribution in [0.3, 0.4) is 0 Å². The first-order valence-electron chi connectivity index (χ1n) is 3.43. The molecule has 68 valence electrons. The molecule has 0 saturated heterocycles. The van der Waals surface area contributed by atoms with E-state index in [9.17, 15) is 0 Å². The van der Waals surface area contributed by atoms with Crippen LogP contribution in [0.1, 0.15) is 0 Å². The molecule has 0 spiro atoms. The third-order valence-electron chi connectivity index (χ3n) is 1.71. The van der Waals surface area contributed by atoms with E-state index in [0.29, 0.717) is 0 Å². The smallest absolute Gasteiger partial charge is 0.120 e. The average molecular weight is 388 g/mol. The Morgan fingerprint density at radius 1 is 1.46 bits per heavy atom. The SMILES string of the molecule is COC1=CC2=NC=NC2C=C1.[Pb].[SH-]. The number of methoxy groups -OCH3 is 1. The standard InChI is InChI=1S/C8H8N2O.Pb.H2S/c1-11-6-2-3-7-8(4-6)10-5-9-7;;/h2-5,7H,1H3;;1H2/p-1. The predicted octanol–water partition coefficient (Wildman–Crippen LogP) is 0.287. The van der Waals surface area contributed by atoms with Crippen LogP contribution >= 0.6 is 0 Å². The molecule has 2 aliphatic rings. The molecular formula is C8H9N2OPbS-. The van der Waals surface area contributed by atoms with E-state index < -0.39 is 0 Å². The van der Waals surface area contributed by atoms with Crippen molar-refractivity contribution in [2.45, 2.75) is 6.04 Å². The fraction of sp³-hybridized carbons (Fsp3) is 0.250. The van der Waals surface area contributed by atoms with Crippen molar-refractivity contribution in [3.05, 3.63) is 24.0 Å². The van der Waals surface area contributed by atoms with Gasteiger partial charge in [-0.05, 0) is 6.08 Å². The van der Waals surface area contributed by atoms with Gasteiger partial charge < -0.3 is 18.2 Å². The second kappa shape index (κ2) is 5.59. The number of fused-ring (bicyclic) bond motifs is 1. The summed E-state index contributed by atoms with van der Waals surface area (Å²) in [6.45, 7) is 0. The molecule has 4 radical (unpaired) electrons. The molecule has 0 bridgehead atoms. The van der Waals surface area contributed by atoms with Crippen molar-refractivity contribution >= 4 is 52.8 Å². The van der Waals surface area contributed by atoms with Crippen molar-refractivity contribution in [3.63, 3.8) is 0 Å². The van der Waals surface area contributed by atoms with E-state index in [1.807, 2.05) is 18.2 Å². The molecule has 0 N–H and O–H groups in total. The fourth-order valence-electron chi connectivity index (χ4n) is 1.10. The third-order valence-corrected chi connectivity index (χ3v) is 1.71. The molecule has 0 amide bonds. The number of hydrogen-bond donors (Lipinski definition) is 0. The monoisotopic (exact) mass is 389 g/mol. The Balaban J connectivity index is 0.000000720. The van der Waals surface area contributed by atoms with Gasteiger partial charge in [-0.15, -0.1) is 0 Å². The van der Waals surface area contributed by atoms with Crippen LogP contribution in [-0.2, 0) is 18.2 Å². The van der Waals surface area contributed by atoms with Crippen molar-refractivity contribution in [1.29, 1.82) is 0 Å². The van der Waals surface area contributed by atoms with E-state index in [-0.39, 0.29) is 46.8 Å². The molecule has 0 fully saturated rings. The van der Waals surface area contributed by atoms with E-state index in [2.05, 4.69) is 9.98 Å². The molecular weight excluding hydrogens is 379 g/mol. The number of hydrogen-bond acceptors (Lipinski definition) is 4. The Hall–Kier alpha value is -0.108. The van der Waals surface area contributed by atoms with Gasteiger partial charge in [0.2, 0.25) is 0 Å². The number of aliphatic imine (C=N–C) groups is 2. The van der Waals surface area contributed by atoms with E-state index in [4.69, 9.17) is 4.74 Å². The number of rotatable bonds is 1. The Labute approximate surface area is 104 Å². The molecule has 0 aromatic rings. The molecule has 1 aliphatic heterocycles. The topological polar surface area (TPSA) is 34.0 Å². The molecule has 0 saturated carbocycles. The zero-order valence-electron chi connectivity index (χ0n) is 7.14. The van der Waals surface area contributed by atoms with E-state index in [1.54, 1.807) is 13.4 Å². The Bertz CT molecular complexity index is 297. The van der Waals surface area contributed by atoms with Crippen LogP contribution in [0.4, 0.5) is 0 Å². The summed E-state index contributed by atoms with van der Waals surface area (Å²) < 4.78 is 5.04. The van der Waals surface area contributed by atoms with Crippen LogP contribution in [0.25, 0.3) is 0 Å². The third kappa shape index (κ3) is 2.67. The largest absolute Gasteiger partial charge is 0.813 e. The fourth-order valence-corrected chi connectivity index (χ4v) is 1.10. The first kappa shape index (κ1) is 12.9. The molecule has 0 aromatic heterocycles. The quantitative estimate of drug-likeness (QED) is 0.368. The van der Waals surface area contributed by atoms with Gasteiger partial charge in [0, 0.05) is 33.4 Å². The number of allylic oxidation sites excluding steroid dienone is 1. The summed E-state index contributed by atoms with van der Waals surface area (Å²) >= 11 is 0. The van der Waals surface area contributed by atoms with E-state index in [0.717, 1.165) is 11.5 Å². The Kier molecular flexibility index (Phi) is 5.54. The number of nitrogens with zero attached hydrogens (tertiary/aromatic N) is 2. The summed E-state index contributed by atoms with van der Waals surface area (Å²) in [5.74, 6) is 0.838. The van der Waals surface area contributed by atoms with Gasteiger partial charge in [-0.25, -0.2) is 4.99 Å². The molecule has 13 heavy (non-hydrogen) atoms. The normalized spacial score (nSPS) is 22.1. The molecule has 5 heteroatoms. The number of thiol groups is 1. The summed E-state index contributed by atoms with van der Waals surface area (Å²) in [4.78, 5) is 8.18. The molecule has 1 aliphatic carbocycles. The van der Waals surface area contributed by atoms with Gasteiger partial charge in [0.05, 0.1) is 12.8 Å². The molecule has 1 atom stereocenters. The first-order chi connectivity index (χ1) is 5.40. The summed E-state index contributed by atoms with van der Waals surface area (Å²) in [5.41, 5.74) is 0.962. The van der Waals surface area contributed by atoms with Gasteiger partial charge in [-0.3, -0.25) is 4.99 Å². The van der Waals surface area contributed by atoms with Crippen LogP contribution in [0.2, 0.25) is 0 Å². The van der Waals surface area contributed by atoms with Gasteiger partial charge in [-0.1, -0.05) is 6.08 Å². The van der Waals surface area contributed by atoms with Crippen LogP contribution < -0.4 is 0 Å². The van der Waals surface area contributed by atoms with Crippen LogP contribution in [0, 0.1) is 0 Å². The minimum absolute atomic E-state index is 0. The van der Waals surface area contributed by atoms with Crippen LogP contribution in [-0.4, -0.2) is 52.5 Å². The van der Waals surface area contributed by atoms with Crippen LogP contribution in [0.5, 0.6) is 0 Å². The zero-order valence-corrected chi connectivity index (χ0v) is 11.9. The Morgan fingerprint density at radius 3 is 2.92 bits per heavy atom. The predicted molar refractivity (Wildman–Crippen MR) is 58.5 cm³/mol. The average Bonchev–Trinajstić information content (AvgIpc) is 2.50. The van der Waals surface area contributed by atoms with Gasteiger partial charge in [-0.2, -0.15) is 0 Å².